The molecular weight excluding hydrogens is 512 g/mol. The Kier molecular flexibility index (Phi) is 8.74. The van der Waals surface area contributed by atoms with E-state index in [0.29, 0.717) is 56.5 Å². The maximum atomic E-state index is 13.0. The molecule has 1 aromatic heterocycles. The summed E-state index contributed by atoms with van der Waals surface area (Å²) in [4.78, 5) is 12.9. The zero-order chi connectivity index (χ0) is 20.9. The molecule has 2 heterocycles. The minimum absolute atomic E-state index is 0. The second kappa shape index (κ2) is 10.8. The Morgan fingerprint density at radius 3 is 2.57 bits per heavy atom. The SMILES string of the molecule is CCNC(=NCCc1nc(C)no1)N1CCN(c2cccc(C(F)(F)F)c2)CC1.I. The van der Waals surface area contributed by atoms with Gasteiger partial charge in [-0.15, -0.1) is 24.0 Å². The first kappa shape index (κ1) is 24.2. The standard InChI is InChI=1S/C19H25F3N6O.HI/c1-3-23-18(24-8-7-17-25-14(2)26-29-17)28-11-9-27(10-12-28)16-6-4-5-15(13-16)19(20,21)22;/h4-6,13H,3,7-12H2,1-2H3,(H,23,24);1H. The van der Waals surface area contributed by atoms with Crippen LogP contribution in [0.3, 0.4) is 0 Å². The molecule has 0 radical (unpaired) electrons. The van der Waals surface area contributed by atoms with Crippen LogP contribution < -0.4 is 10.2 Å². The van der Waals surface area contributed by atoms with Crippen molar-refractivity contribution in [2.75, 3.05) is 44.2 Å². The molecule has 1 N–H and O–H groups in total. The van der Waals surface area contributed by atoms with Gasteiger partial charge in [-0.3, -0.25) is 4.99 Å². The first-order valence-corrected chi connectivity index (χ1v) is 9.61. The number of guanidine groups is 1. The predicted octanol–water partition coefficient (Wildman–Crippen LogP) is 3.35. The third kappa shape index (κ3) is 6.47. The number of hydrogen-bond donors (Lipinski definition) is 1. The third-order valence-corrected chi connectivity index (χ3v) is 4.61. The Hall–Kier alpha value is -2.05. The highest BCUT2D eigenvalue weighted by Gasteiger charge is 2.31. The Labute approximate surface area is 190 Å². The number of aliphatic imine (C=N–C) groups is 1. The summed E-state index contributed by atoms with van der Waals surface area (Å²) in [5.41, 5.74) is -0.0308. The van der Waals surface area contributed by atoms with E-state index < -0.39 is 11.7 Å². The lowest BCUT2D eigenvalue weighted by Crippen LogP contribution is -2.52. The molecule has 166 valence electrons. The van der Waals surface area contributed by atoms with Crippen LogP contribution in [0.2, 0.25) is 0 Å². The van der Waals surface area contributed by atoms with Crippen molar-refractivity contribution in [3.8, 4) is 0 Å². The monoisotopic (exact) mass is 538 g/mol. The zero-order valence-electron chi connectivity index (χ0n) is 16.9. The van der Waals surface area contributed by atoms with Gasteiger partial charge in [0.2, 0.25) is 5.89 Å². The molecule has 1 fully saturated rings. The summed E-state index contributed by atoms with van der Waals surface area (Å²) in [6.07, 6.45) is -3.78. The normalized spacial score (nSPS) is 15.2. The van der Waals surface area contributed by atoms with E-state index in [9.17, 15) is 13.2 Å². The zero-order valence-corrected chi connectivity index (χ0v) is 19.3. The van der Waals surface area contributed by atoms with Crippen LogP contribution in [0.5, 0.6) is 0 Å². The van der Waals surface area contributed by atoms with Crippen LogP contribution in [0.25, 0.3) is 0 Å². The predicted molar refractivity (Wildman–Crippen MR) is 119 cm³/mol. The van der Waals surface area contributed by atoms with Gasteiger partial charge < -0.3 is 19.6 Å². The lowest BCUT2D eigenvalue weighted by molar-refractivity contribution is -0.137. The smallest absolute Gasteiger partial charge is 0.368 e. The molecule has 0 aliphatic carbocycles. The molecule has 0 atom stereocenters. The highest BCUT2D eigenvalue weighted by atomic mass is 127. The van der Waals surface area contributed by atoms with Gasteiger partial charge in [0.05, 0.1) is 12.1 Å². The molecule has 0 unspecified atom stereocenters. The summed E-state index contributed by atoms with van der Waals surface area (Å²) >= 11 is 0. The Morgan fingerprint density at radius 1 is 1.23 bits per heavy atom. The van der Waals surface area contributed by atoms with Crippen LogP contribution in [-0.4, -0.2) is 60.3 Å². The molecular formula is C19H26F3IN6O. The van der Waals surface area contributed by atoms with E-state index >= 15 is 0 Å². The third-order valence-electron chi connectivity index (χ3n) is 4.61. The summed E-state index contributed by atoms with van der Waals surface area (Å²) in [5.74, 6) is 1.94. The topological polar surface area (TPSA) is 69.8 Å². The first-order chi connectivity index (χ1) is 13.9. The van der Waals surface area contributed by atoms with Crippen LogP contribution in [0.1, 0.15) is 24.2 Å². The summed E-state index contributed by atoms with van der Waals surface area (Å²) in [7, 11) is 0. The molecule has 30 heavy (non-hydrogen) atoms. The van der Waals surface area contributed by atoms with Crippen LogP contribution in [0.4, 0.5) is 18.9 Å². The van der Waals surface area contributed by atoms with Crippen molar-refractivity contribution in [1.29, 1.82) is 0 Å². The van der Waals surface area contributed by atoms with Gasteiger partial charge in [-0.2, -0.15) is 18.2 Å². The number of piperazine rings is 1. The number of anilines is 1. The van der Waals surface area contributed by atoms with E-state index in [2.05, 4.69) is 25.3 Å². The van der Waals surface area contributed by atoms with E-state index in [0.717, 1.165) is 18.6 Å². The Bertz CT molecular complexity index is 834. The van der Waals surface area contributed by atoms with Gasteiger partial charge in [0.25, 0.3) is 0 Å². The number of hydrogen-bond acceptors (Lipinski definition) is 5. The summed E-state index contributed by atoms with van der Waals surface area (Å²) in [5, 5.41) is 7.03. The molecule has 11 heteroatoms. The van der Waals surface area contributed by atoms with Gasteiger partial charge in [-0.05, 0) is 32.0 Å². The van der Waals surface area contributed by atoms with Crippen molar-refractivity contribution >= 4 is 35.6 Å². The number of alkyl halides is 3. The molecule has 1 aromatic carbocycles. The van der Waals surface area contributed by atoms with Gasteiger partial charge in [0.15, 0.2) is 11.8 Å². The fourth-order valence-corrected chi connectivity index (χ4v) is 3.18. The number of halogens is 4. The summed E-state index contributed by atoms with van der Waals surface area (Å²) in [6.45, 7) is 7.58. The second-order valence-corrected chi connectivity index (χ2v) is 6.74. The van der Waals surface area contributed by atoms with Gasteiger partial charge in [-0.1, -0.05) is 11.2 Å². The average Bonchev–Trinajstić information content (AvgIpc) is 3.12. The largest absolute Gasteiger partial charge is 0.416 e. The van der Waals surface area contributed by atoms with Crippen molar-refractivity contribution < 1.29 is 17.7 Å². The summed E-state index contributed by atoms with van der Waals surface area (Å²) in [6, 6.07) is 5.48. The highest BCUT2D eigenvalue weighted by Crippen LogP contribution is 2.31. The maximum absolute atomic E-state index is 13.0. The molecule has 3 rings (SSSR count). The van der Waals surface area contributed by atoms with Crippen molar-refractivity contribution in [2.45, 2.75) is 26.4 Å². The first-order valence-electron chi connectivity index (χ1n) is 9.61. The van der Waals surface area contributed by atoms with E-state index in [-0.39, 0.29) is 24.0 Å². The lowest BCUT2D eigenvalue weighted by Gasteiger charge is -2.38. The van der Waals surface area contributed by atoms with Gasteiger partial charge in [-0.25, -0.2) is 0 Å². The highest BCUT2D eigenvalue weighted by molar-refractivity contribution is 14.0. The number of nitrogens with one attached hydrogen (secondary N) is 1. The quantitative estimate of drug-likeness (QED) is 0.358. The number of aryl methyl sites for hydroxylation is 1. The molecule has 0 saturated carbocycles. The van der Waals surface area contributed by atoms with Crippen LogP contribution >= 0.6 is 24.0 Å². The van der Waals surface area contributed by atoms with E-state index in [4.69, 9.17) is 4.52 Å². The second-order valence-electron chi connectivity index (χ2n) is 6.74. The Balaban J connectivity index is 0.00000320. The van der Waals surface area contributed by atoms with Gasteiger partial charge in [0, 0.05) is 44.8 Å². The van der Waals surface area contributed by atoms with Gasteiger partial charge in [0.1, 0.15) is 0 Å². The van der Waals surface area contributed by atoms with E-state index in [1.807, 2.05) is 11.8 Å². The molecule has 1 aliphatic rings. The average molecular weight is 538 g/mol. The molecule has 2 aromatic rings. The van der Waals surface area contributed by atoms with Crippen molar-refractivity contribution in [3.63, 3.8) is 0 Å². The molecule has 0 spiro atoms. The number of rotatable bonds is 5. The fraction of sp³-hybridized carbons (Fsp3) is 0.526. The minimum atomic E-state index is -4.33. The van der Waals surface area contributed by atoms with Crippen LogP contribution in [0.15, 0.2) is 33.8 Å². The molecule has 7 nitrogen and oxygen atoms in total. The molecule has 0 bridgehead atoms. The fourth-order valence-electron chi connectivity index (χ4n) is 3.18. The molecule has 1 saturated heterocycles. The van der Waals surface area contributed by atoms with Crippen molar-refractivity contribution in [2.24, 2.45) is 4.99 Å². The number of nitrogens with zero attached hydrogens (tertiary/aromatic N) is 5. The maximum Gasteiger partial charge on any atom is 0.416 e. The molecule has 1 aliphatic heterocycles. The minimum Gasteiger partial charge on any atom is -0.368 e. The van der Waals surface area contributed by atoms with E-state index in [1.165, 1.54) is 12.1 Å². The number of aromatic nitrogens is 2. The van der Waals surface area contributed by atoms with Crippen molar-refractivity contribution in [3.05, 3.63) is 41.5 Å². The van der Waals surface area contributed by atoms with E-state index in [1.54, 1.807) is 13.0 Å². The number of benzene rings is 1. The van der Waals surface area contributed by atoms with Crippen molar-refractivity contribution in [1.82, 2.24) is 20.4 Å². The lowest BCUT2D eigenvalue weighted by atomic mass is 10.1. The summed E-state index contributed by atoms with van der Waals surface area (Å²) < 4.78 is 44.0. The Morgan fingerprint density at radius 2 is 1.97 bits per heavy atom. The van der Waals surface area contributed by atoms with Crippen LogP contribution in [-0.2, 0) is 12.6 Å². The van der Waals surface area contributed by atoms with Crippen LogP contribution in [0, 0.1) is 6.92 Å². The van der Waals surface area contributed by atoms with Gasteiger partial charge >= 0.3 is 6.18 Å². The molecule has 0 amide bonds.